The van der Waals surface area contributed by atoms with E-state index in [9.17, 15) is 9.59 Å². The molecule has 0 saturated heterocycles. The van der Waals surface area contributed by atoms with Crippen LogP contribution >= 0.6 is 0 Å². The molecule has 10 heteroatoms. The van der Waals surface area contributed by atoms with Gasteiger partial charge in [0.2, 0.25) is 0 Å². The largest absolute Gasteiger partial charge is 0.497 e. The van der Waals surface area contributed by atoms with Gasteiger partial charge in [0.25, 0.3) is 5.91 Å². The van der Waals surface area contributed by atoms with Crippen molar-refractivity contribution in [1.29, 1.82) is 0 Å². The predicted molar refractivity (Wildman–Crippen MR) is 114 cm³/mol. The zero-order valence-corrected chi connectivity index (χ0v) is 17.7. The molecule has 3 rings (SSSR count). The minimum Gasteiger partial charge on any atom is -0.497 e. The number of methoxy groups -OCH3 is 2. The van der Waals surface area contributed by atoms with Crippen molar-refractivity contribution in [2.24, 2.45) is 0 Å². The predicted octanol–water partition coefficient (Wildman–Crippen LogP) is 1.97. The van der Waals surface area contributed by atoms with Gasteiger partial charge < -0.3 is 24.8 Å². The van der Waals surface area contributed by atoms with Crippen molar-refractivity contribution in [1.82, 2.24) is 25.4 Å². The molecule has 0 radical (unpaired) electrons. The molecule has 31 heavy (non-hydrogen) atoms. The fraction of sp³-hybridized carbons (Fsp3) is 0.333. The van der Waals surface area contributed by atoms with Crippen molar-refractivity contribution in [3.05, 3.63) is 47.8 Å². The van der Waals surface area contributed by atoms with Gasteiger partial charge in [0.1, 0.15) is 11.5 Å². The van der Waals surface area contributed by atoms with Crippen molar-refractivity contribution in [2.75, 3.05) is 33.9 Å². The van der Waals surface area contributed by atoms with Crippen molar-refractivity contribution >= 4 is 23.0 Å². The summed E-state index contributed by atoms with van der Waals surface area (Å²) in [5, 5.41) is 10.4. The Labute approximate surface area is 179 Å². The van der Waals surface area contributed by atoms with E-state index in [0.717, 1.165) is 10.9 Å². The summed E-state index contributed by atoms with van der Waals surface area (Å²) in [4.78, 5) is 28.0. The van der Waals surface area contributed by atoms with Gasteiger partial charge in [-0.05, 0) is 25.1 Å². The fourth-order valence-corrected chi connectivity index (χ4v) is 2.98. The quantitative estimate of drug-likeness (QED) is 0.502. The molecule has 1 aromatic carbocycles. The molecule has 0 aliphatic rings. The first kappa shape index (κ1) is 21.9. The van der Waals surface area contributed by atoms with Crippen LogP contribution in [0.2, 0.25) is 0 Å². The summed E-state index contributed by atoms with van der Waals surface area (Å²) in [6.45, 7) is 3.01. The first-order chi connectivity index (χ1) is 15.0. The second kappa shape index (κ2) is 10.3. The van der Waals surface area contributed by atoms with E-state index >= 15 is 0 Å². The number of carbonyl (C=O) groups excluding carboxylic acids is 2. The first-order valence-corrected chi connectivity index (χ1v) is 9.77. The highest BCUT2D eigenvalue weighted by molar-refractivity contribution is 5.96. The molecule has 0 aliphatic heterocycles. The summed E-state index contributed by atoms with van der Waals surface area (Å²) in [6, 6.07) is 7.31. The van der Waals surface area contributed by atoms with E-state index in [1.165, 1.54) is 6.20 Å². The van der Waals surface area contributed by atoms with E-state index in [1.807, 2.05) is 18.2 Å². The molecule has 2 amide bonds. The number of hydrogen-bond donors (Lipinski definition) is 2. The molecule has 10 nitrogen and oxygen atoms in total. The smallest absolute Gasteiger partial charge is 0.407 e. The maximum atomic E-state index is 12.3. The zero-order chi connectivity index (χ0) is 22.2. The number of amides is 2. The van der Waals surface area contributed by atoms with Crippen LogP contribution < -0.4 is 20.1 Å². The molecule has 0 unspecified atom stereocenters. The van der Waals surface area contributed by atoms with E-state index in [2.05, 4.69) is 20.7 Å². The summed E-state index contributed by atoms with van der Waals surface area (Å²) in [5.41, 5.74) is 1.98. The summed E-state index contributed by atoms with van der Waals surface area (Å²) < 4.78 is 17.2. The Balaban J connectivity index is 1.66. The van der Waals surface area contributed by atoms with Gasteiger partial charge in [0, 0.05) is 36.3 Å². The Kier molecular flexibility index (Phi) is 7.26. The van der Waals surface area contributed by atoms with Gasteiger partial charge in [-0.1, -0.05) is 0 Å². The number of pyridine rings is 1. The third-order valence-corrected chi connectivity index (χ3v) is 4.51. The van der Waals surface area contributed by atoms with E-state index in [1.54, 1.807) is 38.1 Å². The molecule has 0 saturated carbocycles. The molecule has 0 spiro atoms. The summed E-state index contributed by atoms with van der Waals surface area (Å²) in [5.74, 6) is 1.11. The monoisotopic (exact) mass is 427 g/mol. The Morgan fingerprint density at radius 3 is 2.61 bits per heavy atom. The molecule has 0 aliphatic carbocycles. The first-order valence-electron chi connectivity index (χ1n) is 9.77. The maximum absolute atomic E-state index is 12.3. The zero-order valence-electron chi connectivity index (χ0n) is 17.7. The van der Waals surface area contributed by atoms with Crippen LogP contribution in [0.15, 0.2) is 36.7 Å². The van der Waals surface area contributed by atoms with Gasteiger partial charge in [0.15, 0.2) is 5.65 Å². The van der Waals surface area contributed by atoms with Gasteiger partial charge in [-0.15, -0.1) is 0 Å². The van der Waals surface area contributed by atoms with Crippen LogP contribution in [-0.4, -0.2) is 60.7 Å². The number of nitrogens with one attached hydrogen (secondary N) is 2. The molecule has 0 atom stereocenters. The number of benzene rings is 1. The van der Waals surface area contributed by atoms with Gasteiger partial charge in [0.05, 0.1) is 39.1 Å². The lowest BCUT2D eigenvalue weighted by atomic mass is 10.2. The van der Waals surface area contributed by atoms with E-state index < -0.39 is 6.09 Å². The average Bonchev–Trinajstić information content (AvgIpc) is 3.19. The van der Waals surface area contributed by atoms with Crippen LogP contribution in [0.1, 0.15) is 22.8 Å². The van der Waals surface area contributed by atoms with E-state index in [4.69, 9.17) is 14.2 Å². The van der Waals surface area contributed by atoms with Gasteiger partial charge >= 0.3 is 6.09 Å². The van der Waals surface area contributed by atoms with Crippen molar-refractivity contribution < 1.29 is 23.8 Å². The number of ether oxygens (including phenoxy) is 3. The van der Waals surface area contributed by atoms with E-state index in [-0.39, 0.29) is 19.0 Å². The average molecular weight is 427 g/mol. The van der Waals surface area contributed by atoms with Crippen LogP contribution in [0, 0.1) is 0 Å². The molecule has 3 aromatic rings. The van der Waals surface area contributed by atoms with Gasteiger partial charge in [-0.2, -0.15) is 5.10 Å². The van der Waals surface area contributed by atoms with Crippen LogP contribution in [-0.2, 0) is 11.3 Å². The lowest BCUT2D eigenvalue weighted by Crippen LogP contribution is -2.35. The number of alkyl carbamates (subject to hydrolysis) is 1. The second-order valence-electron chi connectivity index (χ2n) is 6.52. The van der Waals surface area contributed by atoms with Crippen LogP contribution in [0.3, 0.4) is 0 Å². The number of hydrogen-bond acceptors (Lipinski definition) is 7. The SMILES string of the molecule is CCOC(=O)NCCNC(=O)c1cnc2c(cnn2Cc2ccc(OC)cc2OC)c1. The molecular weight excluding hydrogens is 402 g/mol. The number of rotatable bonds is 9. The Morgan fingerprint density at radius 1 is 1.06 bits per heavy atom. The highest BCUT2D eigenvalue weighted by Gasteiger charge is 2.13. The van der Waals surface area contributed by atoms with Crippen molar-refractivity contribution in [3.63, 3.8) is 0 Å². The summed E-state index contributed by atoms with van der Waals surface area (Å²) >= 11 is 0. The maximum Gasteiger partial charge on any atom is 0.407 e. The van der Waals surface area contributed by atoms with E-state index in [0.29, 0.717) is 35.9 Å². The molecule has 164 valence electrons. The molecule has 2 aromatic heterocycles. The molecule has 2 heterocycles. The normalized spacial score (nSPS) is 10.5. The van der Waals surface area contributed by atoms with Crippen molar-refractivity contribution in [3.8, 4) is 11.5 Å². The van der Waals surface area contributed by atoms with Gasteiger partial charge in [-0.3, -0.25) is 4.79 Å². The second-order valence-corrected chi connectivity index (χ2v) is 6.52. The topological polar surface area (TPSA) is 117 Å². The lowest BCUT2D eigenvalue weighted by molar-refractivity contribution is 0.0952. The van der Waals surface area contributed by atoms with Crippen LogP contribution in [0.4, 0.5) is 4.79 Å². The summed E-state index contributed by atoms with van der Waals surface area (Å²) in [7, 11) is 3.20. The minimum atomic E-state index is -0.513. The fourth-order valence-electron chi connectivity index (χ4n) is 2.98. The number of fused-ring (bicyclic) bond motifs is 1. The third-order valence-electron chi connectivity index (χ3n) is 4.51. The summed E-state index contributed by atoms with van der Waals surface area (Å²) in [6.07, 6.45) is 2.65. The molecule has 2 N–H and O–H groups in total. The molecular formula is C21H25N5O5. The minimum absolute atomic E-state index is 0.266. The Bertz CT molecular complexity index is 1070. The van der Waals surface area contributed by atoms with Crippen LogP contribution in [0.25, 0.3) is 11.0 Å². The lowest BCUT2D eigenvalue weighted by Gasteiger charge is -2.11. The standard InChI is InChI=1S/C21H25N5O5/c1-4-31-21(28)23-8-7-22-20(27)16-9-15-12-25-26(19(15)24-11-16)13-14-5-6-17(29-2)10-18(14)30-3/h5-6,9-12H,4,7-8,13H2,1-3H3,(H,22,27)(H,23,28). The Morgan fingerprint density at radius 2 is 1.87 bits per heavy atom. The molecule has 0 fully saturated rings. The van der Waals surface area contributed by atoms with Crippen LogP contribution in [0.5, 0.6) is 11.5 Å². The van der Waals surface area contributed by atoms with Gasteiger partial charge in [-0.25, -0.2) is 14.5 Å². The highest BCUT2D eigenvalue weighted by atomic mass is 16.5. The number of aromatic nitrogens is 3. The van der Waals surface area contributed by atoms with Crippen molar-refractivity contribution in [2.45, 2.75) is 13.5 Å². The number of nitrogens with zero attached hydrogens (tertiary/aromatic N) is 3. The third kappa shape index (κ3) is 5.41. The highest BCUT2D eigenvalue weighted by Crippen LogP contribution is 2.26. The number of carbonyl (C=O) groups is 2. The molecule has 0 bridgehead atoms. The Hall–Kier alpha value is -3.82.